The van der Waals surface area contributed by atoms with E-state index in [0.717, 1.165) is 5.56 Å². The molecule has 0 aromatic heterocycles. The Morgan fingerprint density at radius 3 is 2.45 bits per heavy atom. The van der Waals surface area contributed by atoms with Crippen molar-refractivity contribution in [3.63, 3.8) is 0 Å². The summed E-state index contributed by atoms with van der Waals surface area (Å²) < 4.78 is 0. The van der Waals surface area contributed by atoms with Gasteiger partial charge in [0.25, 0.3) is 5.91 Å². The van der Waals surface area contributed by atoms with E-state index in [2.05, 4.69) is 5.32 Å². The van der Waals surface area contributed by atoms with E-state index in [-0.39, 0.29) is 22.7 Å². The third-order valence-electron chi connectivity index (χ3n) is 3.13. The molecule has 3 nitrogen and oxygen atoms in total. The second-order valence-corrected chi connectivity index (χ2v) is 5.18. The van der Waals surface area contributed by atoms with Crippen molar-refractivity contribution in [2.75, 3.05) is 0 Å². The Morgan fingerprint density at radius 1 is 1.20 bits per heavy atom. The highest BCUT2D eigenvalue weighted by Gasteiger charge is 2.12. The molecule has 0 bridgehead atoms. The molecule has 0 aliphatic carbocycles. The second-order valence-electron chi connectivity index (χ2n) is 4.77. The fourth-order valence-corrected chi connectivity index (χ4v) is 2.05. The number of nitrogens with one attached hydrogen (secondary N) is 1. The molecule has 4 heteroatoms. The van der Waals surface area contributed by atoms with E-state index < -0.39 is 0 Å². The highest BCUT2D eigenvalue weighted by molar-refractivity contribution is 6.32. The summed E-state index contributed by atoms with van der Waals surface area (Å²) in [6.45, 7) is 3.94. The number of phenols is 1. The lowest BCUT2D eigenvalue weighted by atomic mass is 10.1. The van der Waals surface area contributed by atoms with Gasteiger partial charge in [-0.2, -0.15) is 0 Å². The lowest BCUT2D eigenvalue weighted by Gasteiger charge is -2.15. The largest absolute Gasteiger partial charge is 0.506 e. The summed E-state index contributed by atoms with van der Waals surface area (Å²) in [5.41, 5.74) is 2.64. The van der Waals surface area contributed by atoms with Gasteiger partial charge in [-0.15, -0.1) is 0 Å². The van der Waals surface area contributed by atoms with Crippen molar-refractivity contribution in [3.05, 3.63) is 64.2 Å². The molecule has 0 heterocycles. The molecule has 2 N–H and O–H groups in total. The molecular formula is C16H16ClNO2. The van der Waals surface area contributed by atoms with E-state index >= 15 is 0 Å². The number of carbonyl (C=O) groups is 1. The number of rotatable bonds is 3. The minimum atomic E-state index is -0.222. The van der Waals surface area contributed by atoms with Crippen LogP contribution in [0.5, 0.6) is 5.75 Å². The first kappa shape index (κ1) is 14.4. The summed E-state index contributed by atoms with van der Waals surface area (Å²) in [5.74, 6) is -0.255. The Balaban J connectivity index is 2.10. The topological polar surface area (TPSA) is 49.3 Å². The molecule has 0 spiro atoms. The Bertz CT molecular complexity index is 623. The van der Waals surface area contributed by atoms with Crippen molar-refractivity contribution in [2.45, 2.75) is 19.9 Å². The number of phenolic OH excluding ortho intramolecular Hbond substituents is 1. The predicted octanol–water partition coefficient (Wildman–Crippen LogP) is 3.85. The van der Waals surface area contributed by atoms with Gasteiger partial charge in [0.15, 0.2) is 0 Å². The summed E-state index contributed by atoms with van der Waals surface area (Å²) in [4.78, 5) is 12.1. The van der Waals surface area contributed by atoms with Gasteiger partial charge in [0, 0.05) is 5.56 Å². The van der Waals surface area contributed by atoms with Gasteiger partial charge in [0.1, 0.15) is 5.75 Å². The van der Waals surface area contributed by atoms with Crippen LogP contribution in [0.4, 0.5) is 0 Å². The van der Waals surface area contributed by atoms with Crippen molar-refractivity contribution >= 4 is 17.5 Å². The van der Waals surface area contributed by atoms with Crippen LogP contribution in [-0.4, -0.2) is 11.0 Å². The summed E-state index contributed by atoms with van der Waals surface area (Å²) in [6, 6.07) is 12.3. The molecule has 1 unspecified atom stereocenters. The maximum Gasteiger partial charge on any atom is 0.251 e. The molecule has 104 valence electrons. The predicted molar refractivity (Wildman–Crippen MR) is 80.2 cm³/mol. The van der Waals surface area contributed by atoms with Crippen molar-refractivity contribution in [1.82, 2.24) is 5.32 Å². The fourth-order valence-electron chi connectivity index (χ4n) is 1.87. The zero-order valence-electron chi connectivity index (χ0n) is 11.4. The molecule has 2 aromatic carbocycles. The van der Waals surface area contributed by atoms with E-state index in [4.69, 9.17) is 11.6 Å². The van der Waals surface area contributed by atoms with Gasteiger partial charge in [-0.1, -0.05) is 41.4 Å². The van der Waals surface area contributed by atoms with Crippen LogP contribution in [-0.2, 0) is 0 Å². The Morgan fingerprint density at radius 2 is 1.85 bits per heavy atom. The Kier molecular flexibility index (Phi) is 4.30. The minimum Gasteiger partial charge on any atom is -0.506 e. The molecule has 0 radical (unpaired) electrons. The number of hydrogen-bond donors (Lipinski definition) is 2. The van der Waals surface area contributed by atoms with Crippen LogP contribution in [0.3, 0.4) is 0 Å². The number of hydrogen-bond acceptors (Lipinski definition) is 2. The van der Waals surface area contributed by atoms with Crippen LogP contribution in [0.1, 0.15) is 34.5 Å². The highest BCUT2D eigenvalue weighted by Crippen LogP contribution is 2.24. The number of benzene rings is 2. The SMILES string of the molecule is Cc1ccc(C(C)NC(=O)c2ccc(O)c(Cl)c2)cc1. The smallest absolute Gasteiger partial charge is 0.251 e. The van der Waals surface area contributed by atoms with Gasteiger partial charge >= 0.3 is 0 Å². The van der Waals surface area contributed by atoms with Crippen molar-refractivity contribution in [1.29, 1.82) is 0 Å². The third kappa shape index (κ3) is 3.31. The van der Waals surface area contributed by atoms with Gasteiger partial charge in [0.2, 0.25) is 0 Å². The van der Waals surface area contributed by atoms with Gasteiger partial charge in [0.05, 0.1) is 11.1 Å². The minimum absolute atomic E-state index is 0.0326. The molecular weight excluding hydrogens is 274 g/mol. The number of aryl methyl sites for hydroxylation is 1. The Labute approximate surface area is 123 Å². The first-order valence-electron chi connectivity index (χ1n) is 6.33. The maximum absolute atomic E-state index is 12.1. The third-order valence-corrected chi connectivity index (χ3v) is 3.44. The fraction of sp³-hybridized carbons (Fsp3) is 0.188. The van der Waals surface area contributed by atoms with Crippen molar-refractivity contribution in [2.24, 2.45) is 0 Å². The molecule has 1 atom stereocenters. The van der Waals surface area contributed by atoms with Gasteiger partial charge < -0.3 is 10.4 Å². The number of halogens is 1. The van der Waals surface area contributed by atoms with Crippen LogP contribution >= 0.6 is 11.6 Å². The zero-order chi connectivity index (χ0) is 14.7. The lowest BCUT2D eigenvalue weighted by Crippen LogP contribution is -2.26. The molecule has 1 amide bonds. The van der Waals surface area contributed by atoms with Crippen LogP contribution in [0.15, 0.2) is 42.5 Å². The summed E-state index contributed by atoms with van der Waals surface area (Å²) in [6.07, 6.45) is 0. The quantitative estimate of drug-likeness (QED) is 0.902. The summed E-state index contributed by atoms with van der Waals surface area (Å²) in [5, 5.41) is 12.4. The molecule has 0 saturated carbocycles. The van der Waals surface area contributed by atoms with E-state index in [9.17, 15) is 9.90 Å². The number of aromatic hydroxyl groups is 1. The van der Waals surface area contributed by atoms with Gasteiger partial charge in [-0.05, 0) is 37.6 Å². The van der Waals surface area contributed by atoms with Crippen molar-refractivity contribution < 1.29 is 9.90 Å². The molecule has 20 heavy (non-hydrogen) atoms. The summed E-state index contributed by atoms with van der Waals surface area (Å²) in [7, 11) is 0. The molecule has 0 saturated heterocycles. The average Bonchev–Trinajstić information content (AvgIpc) is 2.42. The van der Waals surface area contributed by atoms with Crippen LogP contribution in [0.25, 0.3) is 0 Å². The Hall–Kier alpha value is -2.00. The number of carbonyl (C=O) groups excluding carboxylic acids is 1. The summed E-state index contributed by atoms with van der Waals surface area (Å²) >= 11 is 5.80. The highest BCUT2D eigenvalue weighted by atomic mass is 35.5. The average molecular weight is 290 g/mol. The van der Waals surface area contributed by atoms with E-state index in [1.165, 1.54) is 17.7 Å². The molecule has 0 aliphatic heterocycles. The van der Waals surface area contributed by atoms with Crippen LogP contribution < -0.4 is 5.32 Å². The van der Waals surface area contributed by atoms with Gasteiger partial charge in [-0.25, -0.2) is 0 Å². The van der Waals surface area contributed by atoms with E-state index in [0.29, 0.717) is 5.56 Å². The molecule has 2 aromatic rings. The van der Waals surface area contributed by atoms with E-state index in [1.54, 1.807) is 6.07 Å². The van der Waals surface area contributed by atoms with Crippen molar-refractivity contribution in [3.8, 4) is 5.75 Å². The zero-order valence-corrected chi connectivity index (χ0v) is 12.1. The van der Waals surface area contributed by atoms with E-state index in [1.807, 2.05) is 38.1 Å². The molecule has 0 aliphatic rings. The first-order chi connectivity index (χ1) is 9.47. The van der Waals surface area contributed by atoms with Crippen LogP contribution in [0, 0.1) is 6.92 Å². The van der Waals surface area contributed by atoms with Gasteiger partial charge in [-0.3, -0.25) is 4.79 Å². The number of amides is 1. The first-order valence-corrected chi connectivity index (χ1v) is 6.71. The monoisotopic (exact) mass is 289 g/mol. The standard InChI is InChI=1S/C16H16ClNO2/c1-10-3-5-12(6-4-10)11(2)18-16(20)13-7-8-15(19)14(17)9-13/h3-9,11,19H,1-2H3,(H,18,20). The lowest BCUT2D eigenvalue weighted by molar-refractivity contribution is 0.0940. The molecule has 0 fully saturated rings. The van der Waals surface area contributed by atoms with Crippen LogP contribution in [0.2, 0.25) is 5.02 Å². The molecule has 2 rings (SSSR count). The maximum atomic E-state index is 12.1. The normalized spacial score (nSPS) is 11.9. The second kappa shape index (κ2) is 5.97.